The minimum Gasteiger partial charge on any atom is -0.468 e. The molecule has 10 nitrogen and oxygen atoms in total. The van der Waals surface area contributed by atoms with Gasteiger partial charge in [0.05, 0.1) is 19.6 Å². The van der Waals surface area contributed by atoms with E-state index in [1.165, 1.54) is 12.6 Å². The standard InChI is InChI=1S/C11H15NO4S.C8H11N.C3H5ClO4S.CH2Cl2/c1-12(8-10-6-4-3-5-7-10)17(14,15)9-11(13)16-2;1-9-7-8-5-3-2-4-6-8;1-8-3(5)2-9(4,6)7;2-1-3/h3-7H,8-9H2,1-2H3;2-6,9H,7H2,1H3;2H2,1H3;1H2. The lowest BCUT2D eigenvalue weighted by Crippen LogP contribution is -2.32. The second-order valence-electron chi connectivity index (χ2n) is 6.95. The fourth-order valence-corrected chi connectivity index (χ4v) is 3.91. The van der Waals surface area contributed by atoms with Crippen molar-refractivity contribution in [3.8, 4) is 0 Å². The molecular weight excluding hydrogens is 603 g/mol. The second-order valence-corrected chi connectivity index (χ2v) is 12.6. The molecule has 0 saturated carbocycles. The Labute approximate surface area is 239 Å². The fraction of sp³-hybridized carbons (Fsp3) is 0.391. The van der Waals surface area contributed by atoms with Gasteiger partial charge in [0.15, 0.2) is 11.5 Å². The van der Waals surface area contributed by atoms with Gasteiger partial charge in [0.25, 0.3) is 0 Å². The van der Waals surface area contributed by atoms with Crippen LogP contribution in [0.4, 0.5) is 0 Å². The van der Waals surface area contributed by atoms with Crippen molar-refractivity contribution in [1.82, 2.24) is 9.62 Å². The molecule has 0 aromatic heterocycles. The zero-order valence-corrected chi connectivity index (χ0v) is 25.4. The summed E-state index contributed by atoms with van der Waals surface area (Å²) < 4.78 is 53.1. The number of ether oxygens (including phenoxy) is 2. The molecule has 0 aliphatic heterocycles. The van der Waals surface area contributed by atoms with E-state index >= 15 is 0 Å². The molecule has 0 aliphatic carbocycles. The molecule has 0 bridgehead atoms. The molecule has 216 valence electrons. The Morgan fingerprint density at radius 3 is 1.55 bits per heavy atom. The molecule has 2 aromatic carbocycles. The van der Waals surface area contributed by atoms with E-state index < -0.39 is 42.5 Å². The van der Waals surface area contributed by atoms with Crippen molar-refractivity contribution in [2.24, 2.45) is 0 Å². The first kappa shape index (κ1) is 38.2. The van der Waals surface area contributed by atoms with Crippen LogP contribution in [0.5, 0.6) is 0 Å². The number of alkyl halides is 2. The summed E-state index contributed by atoms with van der Waals surface area (Å²) in [5.41, 5.74) is 2.20. The van der Waals surface area contributed by atoms with Gasteiger partial charge >= 0.3 is 11.9 Å². The summed E-state index contributed by atoms with van der Waals surface area (Å²) in [6, 6.07) is 19.5. The van der Waals surface area contributed by atoms with Gasteiger partial charge in [-0.05, 0) is 18.2 Å². The molecular formula is C23H33Cl3N2O8S2. The van der Waals surface area contributed by atoms with E-state index in [1.54, 1.807) is 0 Å². The molecule has 0 atom stereocenters. The first-order valence-corrected chi connectivity index (χ1v) is 15.8. The molecule has 0 saturated heterocycles. The highest BCUT2D eigenvalue weighted by atomic mass is 35.7. The zero-order chi connectivity index (χ0) is 29.6. The lowest BCUT2D eigenvalue weighted by atomic mass is 10.2. The van der Waals surface area contributed by atoms with Crippen molar-refractivity contribution in [1.29, 1.82) is 0 Å². The van der Waals surface area contributed by atoms with E-state index in [9.17, 15) is 26.4 Å². The molecule has 0 heterocycles. The monoisotopic (exact) mass is 634 g/mol. The van der Waals surface area contributed by atoms with Gasteiger partial charge in [-0.2, -0.15) is 0 Å². The Kier molecular flexibility index (Phi) is 22.1. The minimum atomic E-state index is -3.74. The fourth-order valence-electron chi connectivity index (χ4n) is 2.26. The molecule has 0 spiro atoms. The van der Waals surface area contributed by atoms with Crippen molar-refractivity contribution in [2.45, 2.75) is 13.1 Å². The molecule has 2 aromatic rings. The summed E-state index contributed by atoms with van der Waals surface area (Å²) in [6.07, 6.45) is 0. The third kappa shape index (κ3) is 22.1. The van der Waals surface area contributed by atoms with Gasteiger partial charge in [0.1, 0.15) is 0 Å². The number of carbonyl (C=O) groups excluding carboxylic acids is 2. The van der Waals surface area contributed by atoms with Gasteiger partial charge in [0.2, 0.25) is 19.1 Å². The van der Waals surface area contributed by atoms with Gasteiger partial charge in [-0.1, -0.05) is 60.7 Å². The van der Waals surface area contributed by atoms with E-state index in [2.05, 4.69) is 37.6 Å². The van der Waals surface area contributed by atoms with Crippen molar-refractivity contribution in [3.63, 3.8) is 0 Å². The molecule has 15 heteroatoms. The molecule has 0 aliphatic rings. The second kappa shape index (κ2) is 21.9. The van der Waals surface area contributed by atoms with Crippen LogP contribution in [0, 0.1) is 0 Å². The largest absolute Gasteiger partial charge is 0.468 e. The highest BCUT2D eigenvalue weighted by Crippen LogP contribution is 2.07. The molecule has 0 fully saturated rings. The maximum Gasteiger partial charge on any atom is 0.322 e. The van der Waals surface area contributed by atoms with Gasteiger partial charge in [0, 0.05) is 30.8 Å². The first-order chi connectivity index (χ1) is 17.8. The van der Waals surface area contributed by atoms with Gasteiger partial charge in [-0.15, -0.1) is 23.2 Å². The SMILES string of the molecule is CNCc1ccccc1.COC(=O)CS(=O)(=O)Cl.COC(=O)CS(=O)(=O)N(C)Cc1ccccc1.ClCCl. The van der Waals surface area contributed by atoms with Crippen LogP contribution in [0.25, 0.3) is 0 Å². The molecule has 0 unspecified atom stereocenters. The van der Waals surface area contributed by atoms with E-state index in [1.807, 2.05) is 55.6 Å². The predicted octanol–water partition coefficient (Wildman–Crippen LogP) is 3.18. The highest BCUT2D eigenvalue weighted by Gasteiger charge is 2.22. The summed E-state index contributed by atoms with van der Waals surface area (Å²) >= 11 is 9.53. The lowest BCUT2D eigenvalue weighted by Gasteiger charge is -2.16. The molecule has 0 radical (unpaired) electrons. The molecule has 1 N–H and O–H groups in total. The summed E-state index contributed by atoms with van der Waals surface area (Å²) in [7, 11) is 2.97. The summed E-state index contributed by atoms with van der Waals surface area (Å²) in [6.45, 7) is 1.20. The predicted molar refractivity (Wildman–Crippen MR) is 151 cm³/mol. The van der Waals surface area contributed by atoms with Gasteiger partial charge in [-0.3, -0.25) is 9.59 Å². The zero-order valence-electron chi connectivity index (χ0n) is 21.5. The Balaban J connectivity index is 0. The van der Waals surface area contributed by atoms with Crippen LogP contribution in [-0.4, -0.2) is 78.2 Å². The van der Waals surface area contributed by atoms with Crippen LogP contribution in [-0.2, 0) is 51.2 Å². The molecule has 38 heavy (non-hydrogen) atoms. The molecule has 2 rings (SSSR count). The van der Waals surface area contributed by atoms with Crippen molar-refractivity contribution < 1.29 is 35.9 Å². The number of hydrogen-bond donors (Lipinski definition) is 1. The highest BCUT2D eigenvalue weighted by molar-refractivity contribution is 8.14. The van der Waals surface area contributed by atoms with Crippen molar-refractivity contribution >= 4 is 64.9 Å². The number of carbonyl (C=O) groups is 2. The third-order valence-corrected chi connectivity index (χ3v) is 6.58. The topological polar surface area (TPSA) is 136 Å². The van der Waals surface area contributed by atoms with E-state index in [-0.39, 0.29) is 11.9 Å². The lowest BCUT2D eigenvalue weighted by molar-refractivity contribution is -0.138. The van der Waals surface area contributed by atoms with Crippen LogP contribution in [0.15, 0.2) is 60.7 Å². The van der Waals surface area contributed by atoms with E-state index in [0.717, 1.165) is 30.6 Å². The van der Waals surface area contributed by atoms with Crippen LogP contribution < -0.4 is 5.32 Å². The Bertz CT molecular complexity index is 1120. The quantitative estimate of drug-likeness (QED) is 0.250. The number of nitrogens with zero attached hydrogens (tertiary/aromatic N) is 1. The smallest absolute Gasteiger partial charge is 0.322 e. The summed E-state index contributed by atoms with van der Waals surface area (Å²) in [5.74, 6) is -3.02. The first-order valence-electron chi connectivity index (χ1n) is 10.6. The minimum absolute atomic E-state index is 0.194. The van der Waals surface area contributed by atoms with Gasteiger partial charge < -0.3 is 14.8 Å². The van der Waals surface area contributed by atoms with Crippen LogP contribution in [0.3, 0.4) is 0 Å². The number of sulfonamides is 1. The maximum atomic E-state index is 11.7. The summed E-state index contributed by atoms with van der Waals surface area (Å²) in [4.78, 5) is 21.1. The number of benzene rings is 2. The normalized spacial score (nSPS) is 10.4. The van der Waals surface area contributed by atoms with E-state index in [0.29, 0.717) is 0 Å². The Hall–Kier alpha value is -1.93. The number of rotatable bonds is 9. The van der Waals surface area contributed by atoms with Crippen LogP contribution >= 0.6 is 33.9 Å². The van der Waals surface area contributed by atoms with E-state index in [4.69, 9.17) is 23.2 Å². The molecule has 0 amide bonds. The summed E-state index contributed by atoms with van der Waals surface area (Å²) in [5, 5.41) is 3.28. The third-order valence-electron chi connectivity index (χ3n) is 3.99. The Morgan fingerprint density at radius 2 is 1.21 bits per heavy atom. The van der Waals surface area contributed by atoms with Crippen LogP contribution in [0.2, 0.25) is 0 Å². The number of hydrogen-bond acceptors (Lipinski definition) is 9. The van der Waals surface area contributed by atoms with Crippen molar-refractivity contribution in [3.05, 3.63) is 71.8 Å². The number of nitrogens with one attached hydrogen (secondary N) is 1. The number of halogens is 3. The number of methoxy groups -OCH3 is 2. The maximum absolute atomic E-state index is 11.7. The Morgan fingerprint density at radius 1 is 0.816 bits per heavy atom. The average molecular weight is 636 g/mol. The van der Waals surface area contributed by atoms with Crippen molar-refractivity contribution in [2.75, 3.05) is 45.2 Å². The average Bonchev–Trinajstić information content (AvgIpc) is 2.85. The van der Waals surface area contributed by atoms with Crippen LogP contribution in [0.1, 0.15) is 11.1 Å². The number of esters is 2. The van der Waals surface area contributed by atoms with Gasteiger partial charge in [-0.25, -0.2) is 21.1 Å².